The third-order valence-electron chi connectivity index (χ3n) is 10.7. The molecule has 0 aromatic rings. The lowest BCUT2D eigenvalue weighted by atomic mass is 10.0. The molecule has 6 nitrogen and oxygen atoms in total. The van der Waals surface area contributed by atoms with E-state index in [1.165, 1.54) is 161 Å². The molecular weight excluding hydrogens is 634 g/mol. The second kappa shape index (κ2) is 40.1. The highest BCUT2D eigenvalue weighted by atomic mass is 16.5. The van der Waals surface area contributed by atoms with Crippen LogP contribution in [0.25, 0.3) is 0 Å². The number of ether oxygens (including phenoxy) is 1. The van der Waals surface area contributed by atoms with E-state index in [1.807, 2.05) is 0 Å². The minimum atomic E-state index is -0.776. The van der Waals surface area contributed by atoms with Crippen LogP contribution in [0.5, 0.6) is 0 Å². The maximum absolute atomic E-state index is 13.1. The predicted molar refractivity (Wildman–Crippen MR) is 218 cm³/mol. The van der Waals surface area contributed by atoms with E-state index in [0.717, 1.165) is 44.9 Å². The third kappa shape index (κ3) is 35.6. The number of hydrogen-bond donors (Lipinski definition) is 3. The maximum atomic E-state index is 13.1. The molecule has 0 spiro atoms. The van der Waals surface area contributed by atoms with Crippen LogP contribution in [0.4, 0.5) is 0 Å². The van der Waals surface area contributed by atoms with Crippen molar-refractivity contribution in [1.82, 2.24) is 5.32 Å². The van der Waals surface area contributed by atoms with Crippen LogP contribution in [0.15, 0.2) is 0 Å². The zero-order valence-electron chi connectivity index (χ0n) is 34.5. The molecule has 6 heteroatoms. The van der Waals surface area contributed by atoms with Gasteiger partial charge in [0.2, 0.25) is 5.91 Å². The summed E-state index contributed by atoms with van der Waals surface area (Å²) in [5, 5.41) is 23.6. The fourth-order valence-electron chi connectivity index (χ4n) is 7.20. The molecule has 304 valence electrons. The Bertz CT molecular complexity index is 731. The van der Waals surface area contributed by atoms with Crippen LogP contribution >= 0.6 is 0 Å². The van der Waals surface area contributed by atoms with Gasteiger partial charge in [-0.25, -0.2) is 0 Å². The molecular formula is C45H89NO5. The van der Waals surface area contributed by atoms with Gasteiger partial charge in [0, 0.05) is 6.42 Å². The van der Waals surface area contributed by atoms with Crippen molar-refractivity contribution in [1.29, 1.82) is 0 Å². The van der Waals surface area contributed by atoms with Crippen molar-refractivity contribution in [2.24, 2.45) is 0 Å². The highest BCUT2D eigenvalue weighted by molar-refractivity contribution is 5.77. The summed E-state index contributed by atoms with van der Waals surface area (Å²) in [6.07, 6.45) is 40.1. The van der Waals surface area contributed by atoms with Gasteiger partial charge in [-0.3, -0.25) is 9.59 Å². The SMILES string of the molecule is CCCCCCCCCCCCCCC(O)C(CO)NC(=O)CC(CCCCCCCCCCCC)OC(=O)CCCCCCCCCCCC. The Kier molecular flexibility index (Phi) is 39.2. The second-order valence-corrected chi connectivity index (χ2v) is 15.8. The fourth-order valence-corrected chi connectivity index (χ4v) is 7.20. The Hall–Kier alpha value is -1.14. The van der Waals surface area contributed by atoms with Gasteiger partial charge in [-0.2, -0.15) is 0 Å². The quantitative estimate of drug-likeness (QED) is 0.0431. The minimum absolute atomic E-state index is 0.0863. The lowest BCUT2D eigenvalue weighted by Crippen LogP contribution is -2.46. The van der Waals surface area contributed by atoms with Crippen LogP contribution < -0.4 is 5.32 Å². The summed E-state index contributed by atoms with van der Waals surface area (Å²) in [5.41, 5.74) is 0. The number of amides is 1. The van der Waals surface area contributed by atoms with Crippen LogP contribution in [-0.2, 0) is 14.3 Å². The summed E-state index contributed by atoms with van der Waals surface area (Å²) in [6, 6.07) is -0.689. The lowest BCUT2D eigenvalue weighted by Gasteiger charge is -2.24. The summed E-state index contributed by atoms with van der Waals surface area (Å²) in [4.78, 5) is 25.9. The van der Waals surface area contributed by atoms with Gasteiger partial charge in [0.05, 0.1) is 25.2 Å². The molecule has 0 heterocycles. The van der Waals surface area contributed by atoms with Gasteiger partial charge in [-0.15, -0.1) is 0 Å². The standard InChI is InChI=1S/C45H89NO5/c1-4-7-10-13-16-19-22-23-25-28-31-34-37-43(48)42(40-47)46-44(49)39-41(36-33-30-27-24-20-17-14-11-8-5-2)51-45(50)38-35-32-29-26-21-18-15-12-9-6-3/h41-43,47-48H,4-40H2,1-3H3,(H,46,49). The van der Waals surface area contributed by atoms with E-state index in [4.69, 9.17) is 4.74 Å². The molecule has 0 fully saturated rings. The second-order valence-electron chi connectivity index (χ2n) is 15.8. The first-order valence-corrected chi connectivity index (χ1v) is 22.8. The zero-order chi connectivity index (χ0) is 37.5. The molecule has 0 bridgehead atoms. The van der Waals surface area contributed by atoms with Crippen LogP contribution in [0.2, 0.25) is 0 Å². The number of nitrogens with one attached hydrogen (secondary N) is 1. The number of hydrogen-bond acceptors (Lipinski definition) is 5. The third-order valence-corrected chi connectivity index (χ3v) is 10.7. The largest absolute Gasteiger partial charge is 0.462 e. The van der Waals surface area contributed by atoms with Gasteiger partial charge in [-0.1, -0.05) is 213 Å². The van der Waals surface area contributed by atoms with E-state index >= 15 is 0 Å². The highest BCUT2D eigenvalue weighted by Gasteiger charge is 2.24. The average molecular weight is 724 g/mol. The van der Waals surface area contributed by atoms with E-state index in [2.05, 4.69) is 26.1 Å². The van der Waals surface area contributed by atoms with Crippen molar-refractivity contribution < 1.29 is 24.5 Å². The molecule has 0 aliphatic carbocycles. The monoisotopic (exact) mass is 724 g/mol. The Labute approximate surface area is 317 Å². The van der Waals surface area contributed by atoms with E-state index in [9.17, 15) is 19.8 Å². The highest BCUT2D eigenvalue weighted by Crippen LogP contribution is 2.18. The molecule has 3 atom stereocenters. The lowest BCUT2D eigenvalue weighted by molar-refractivity contribution is -0.151. The van der Waals surface area contributed by atoms with Crippen molar-refractivity contribution in [3.8, 4) is 0 Å². The first kappa shape index (κ1) is 49.9. The van der Waals surface area contributed by atoms with Crippen molar-refractivity contribution in [3.05, 3.63) is 0 Å². The Morgan fingerprint density at radius 3 is 1.20 bits per heavy atom. The summed E-state index contributed by atoms with van der Waals surface area (Å²) in [5.74, 6) is -0.461. The van der Waals surface area contributed by atoms with Crippen molar-refractivity contribution in [2.45, 2.75) is 270 Å². The van der Waals surface area contributed by atoms with Crippen molar-refractivity contribution >= 4 is 11.9 Å². The molecule has 0 aliphatic rings. The van der Waals surface area contributed by atoms with Crippen LogP contribution in [0, 0.1) is 0 Å². The average Bonchev–Trinajstić information content (AvgIpc) is 3.12. The Morgan fingerprint density at radius 1 is 0.490 bits per heavy atom. The topological polar surface area (TPSA) is 95.9 Å². The molecule has 0 aromatic carbocycles. The van der Waals surface area contributed by atoms with E-state index in [1.54, 1.807) is 0 Å². The minimum Gasteiger partial charge on any atom is -0.462 e. The summed E-state index contributed by atoms with van der Waals surface area (Å²) < 4.78 is 5.89. The Morgan fingerprint density at radius 2 is 0.824 bits per heavy atom. The molecule has 0 aromatic heterocycles. The number of esters is 1. The molecule has 3 N–H and O–H groups in total. The van der Waals surface area contributed by atoms with Gasteiger partial charge in [0.15, 0.2) is 0 Å². The van der Waals surface area contributed by atoms with Crippen molar-refractivity contribution in [2.75, 3.05) is 6.61 Å². The van der Waals surface area contributed by atoms with E-state index < -0.39 is 18.2 Å². The first-order valence-electron chi connectivity index (χ1n) is 22.8. The number of unbranched alkanes of at least 4 members (excludes halogenated alkanes) is 29. The smallest absolute Gasteiger partial charge is 0.306 e. The van der Waals surface area contributed by atoms with Crippen LogP contribution in [-0.4, -0.2) is 46.9 Å². The number of carbonyl (C=O) groups is 2. The summed E-state index contributed by atoms with van der Waals surface area (Å²) in [7, 11) is 0. The Balaban J connectivity index is 4.51. The van der Waals surface area contributed by atoms with Crippen molar-refractivity contribution in [3.63, 3.8) is 0 Å². The number of rotatable bonds is 41. The zero-order valence-corrected chi connectivity index (χ0v) is 34.5. The van der Waals surface area contributed by atoms with Crippen LogP contribution in [0.3, 0.4) is 0 Å². The number of aliphatic hydroxyl groups excluding tert-OH is 2. The normalized spacial score (nSPS) is 13.3. The molecule has 0 aliphatic heterocycles. The first-order chi connectivity index (χ1) is 25.0. The molecule has 0 saturated heterocycles. The maximum Gasteiger partial charge on any atom is 0.306 e. The van der Waals surface area contributed by atoms with E-state index in [0.29, 0.717) is 19.3 Å². The molecule has 51 heavy (non-hydrogen) atoms. The molecule has 0 saturated carbocycles. The predicted octanol–water partition coefficient (Wildman–Crippen LogP) is 12.8. The number of carbonyl (C=O) groups excluding carboxylic acids is 2. The molecule has 0 radical (unpaired) electrons. The number of aliphatic hydroxyl groups is 2. The van der Waals surface area contributed by atoms with Gasteiger partial charge < -0.3 is 20.3 Å². The van der Waals surface area contributed by atoms with Crippen LogP contribution in [0.1, 0.15) is 252 Å². The molecule has 3 unspecified atom stereocenters. The van der Waals surface area contributed by atoms with Gasteiger partial charge >= 0.3 is 5.97 Å². The van der Waals surface area contributed by atoms with Gasteiger partial charge in [0.1, 0.15) is 6.10 Å². The van der Waals surface area contributed by atoms with Gasteiger partial charge in [0.25, 0.3) is 0 Å². The van der Waals surface area contributed by atoms with Gasteiger partial charge in [-0.05, 0) is 25.7 Å². The summed E-state index contributed by atoms with van der Waals surface area (Å²) in [6.45, 7) is 6.46. The molecule has 1 amide bonds. The van der Waals surface area contributed by atoms with E-state index in [-0.39, 0.29) is 24.9 Å². The summed E-state index contributed by atoms with van der Waals surface area (Å²) >= 11 is 0. The molecule has 0 rings (SSSR count). The fraction of sp³-hybridized carbons (Fsp3) is 0.956.